The Morgan fingerprint density at radius 2 is 1.48 bits per heavy atom. The maximum atomic E-state index is 13.2. The predicted octanol–water partition coefficient (Wildman–Crippen LogP) is 1.59. The van der Waals surface area contributed by atoms with Crippen molar-refractivity contribution < 1.29 is 21.6 Å². The summed E-state index contributed by atoms with van der Waals surface area (Å²) in [7, 11) is -7.35. The molecule has 1 aliphatic heterocycles. The van der Waals surface area contributed by atoms with E-state index in [0.717, 1.165) is 16.7 Å². The Labute approximate surface area is 195 Å². The van der Waals surface area contributed by atoms with Crippen molar-refractivity contribution in [2.45, 2.75) is 37.0 Å². The summed E-state index contributed by atoms with van der Waals surface area (Å²) in [6, 6.07) is 9.41. The van der Waals surface area contributed by atoms with Crippen molar-refractivity contribution in [1.82, 2.24) is 9.21 Å². The summed E-state index contributed by atoms with van der Waals surface area (Å²) >= 11 is 0. The highest BCUT2D eigenvalue weighted by molar-refractivity contribution is 7.89. The average molecular weight is 495 g/mol. The minimum atomic E-state index is -3.78. The molecule has 0 aromatic heterocycles. The standard InChI is InChI=1S/C22H30N4O5S2/c1-16-14-17(2)22(18(3)15-16)33(30,31)26-12-10-25(11-13-26)9-8-21(27)24-19-4-6-20(7-5-19)32(23,28)29/h4-7,14-15H,8-13H2,1-3H3,(H,24,27)(H2,23,28,29). The van der Waals surface area contributed by atoms with Gasteiger partial charge in [0.2, 0.25) is 26.0 Å². The van der Waals surface area contributed by atoms with Gasteiger partial charge in [-0.2, -0.15) is 4.31 Å². The van der Waals surface area contributed by atoms with Gasteiger partial charge in [0, 0.05) is 44.8 Å². The second-order valence-electron chi connectivity index (χ2n) is 8.34. The number of carbonyl (C=O) groups excluding carboxylic acids is 1. The number of rotatable bonds is 7. The van der Waals surface area contributed by atoms with Gasteiger partial charge in [0.05, 0.1) is 9.79 Å². The van der Waals surface area contributed by atoms with E-state index in [1.54, 1.807) is 0 Å². The van der Waals surface area contributed by atoms with E-state index in [1.807, 2.05) is 32.9 Å². The van der Waals surface area contributed by atoms with Gasteiger partial charge in [-0.05, 0) is 56.2 Å². The molecule has 0 spiro atoms. The van der Waals surface area contributed by atoms with Crippen LogP contribution in [0.4, 0.5) is 5.69 Å². The van der Waals surface area contributed by atoms with Crippen LogP contribution in [-0.4, -0.2) is 64.7 Å². The largest absolute Gasteiger partial charge is 0.326 e. The number of sulfonamides is 2. The third kappa shape index (κ3) is 6.18. The molecule has 33 heavy (non-hydrogen) atoms. The minimum Gasteiger partial charge on any atom is -0.326 e. The van der Waals surface area contributed by atoms with Crippen molar-refractivity contribution in [2.24, 2.45) is 5.14 Å². The van der Waals surface area contributed by atoms with Gasteiger partial charge in [-0.15, -0.1) is 0 Å². The van der Waals surface area contributed by atoms with Crippen molar-refractivity contribution >= 4 is 31.6 Å². The molecule has 9 nitrogen and oxygen atoms in total. The highest BCUT2D eigenvalue weighted by Crippen LogP contribution is 2.26. The molecule has 2 aromatic carbocycles. The van der Waals surface area contributed by atoms with Crippen molar-refractivity contribution in [3.05, 3.63) is 53.1 Å². The normalized spacial score (nSPS) is 16.0. The van der Waals surface area contributed by atoms with E-state index in [0.29, 0.717) is 43.3 Å². The van der Waals surface area contributed by atoms with Crippen LogP contribution >= 0.6 is 0 Å². The van der Waals surface area contributed by atoms with Crippen molar-refractivity contribution in [2.75, 3.05) is 38.0 Å². The minimum absolute atomic E-state index is 0.0238. The van der Waals surface area contributed by atoms with Gasteiger partial charge in [0.1, 0.15) is 0 Å². The summed E-state index contributed by atoms with van der Waals surface area (Å²) in [4.78, 5) is 14.7. The lowest BCUT2D eigenvalue weighted by Gasteiger charge is -2.34. The Morgan fingerprint density at radius 1 is 0.939 bits per heavy atom. The molecule has 0 unspecified atom stereocenters. The number of benzene rings is 2. The number of carbonyl (C=O) groups is 1. The summed E-state index contributed by atoms with van der Waals surface area (Å²) in [6.45, 7) is 7.91. The predicted molar refractivity (Wildman–Crippen MR) is 127 cm³/mol. The second kappa shape index (κ2) is 9.90. The summed E-state index contributed by atoms with van der Waals surface area (Å²) in [5.41, 5.74) is 3.02. The topological polar surface area (TPSA) is 130 Å². The van der Waals surface area contributed by atoms with Crippen LogP contribution in [0.1, 0.15) is 23.1 Å². The molecule has 1 heterocycles. The van der Waals surface area contributed by atoms with Crippen LogP contribution in [0.3, 0.4) is 0 Å². The average Bonchev–Trinajstić information content (AvgIpc) is 2.71. The lowest BCUT2D eigenvalue weighted by molar-refractivity contribution is -0.116. The first-order valence-corrected chi connectivity index (χ1v) is 13.6. The maximum Gasteiger partial charge on any atom is 0.243 e. The first kappa shape index (κ1) is 25.3. The maximum absolute atomic E-state index is 13.2. The van der Waals surface area contributed by atoms with Crippen molar-refractivity contribution in [1.29, 1.82) is 0 Å². The Hall–Kier alpha value is -2.31. The van der Waals surface area contributed by atoms with E-state index in [1.165, 1.54) is 28.6 Å². The van der Waals surface area contributed by atoms with Crippen LogP contribution in [0.2, 0.25) is 0 Å². The molecule has 1 fully saturated rings. The summed E-state index contributed by atoms with van der Waals surface area (Å²) < 4.78 is 50.5. The zero-order valence-electron chi connectivity index (χ0n) is 19.0. The summed E-state index contributed by atoms with van der Waals surface area (Å²) in [5, 5.41) is 7.79. The molecule has 1 aliphatic rings. The number of hydrogen-bond acceptors (Lipinski definition) is 6. The number of piperazine rings is 1. The van der Waals surface area contributed by atoms with Crippen LogP contribution in [0.5, 0.6) is 0 Å². The summed E-state index contributed by atoms with van der Waals surface area (Å²) in [5.74, 6) is -0.209. The third-order valence-electron chi connectivity index (χ3n) is 5.66. The number of amides is 1. The monoisotopic (exact) mass is 494 g/mol. The molecule has 0 aliphatic carbocycles. The van der Waals surface area contributed by atoms with Crippen LogP contribution in [0.15, 0.2) is 46.2 Å². The second-order valence-corrected chi connectivity index (χ2v) is 11.8. The Bertz CT molecular complexity index is 1210. The zero-order chi connectivity index (χ0) is 24.4. The van der Waals surface area contributed by atoms with Crippen LogP contribution < -0.4 is 10.5 Å². The van der Waals surface area contributed by atoms with Crippen molar-refractivity contribution in [3.8, 4) is 0 Å². The van der Waals surface area contributed by atoms with Crippen molar-refractivity contribution in [3.63, 3.8) is 0 Å². The molecule has 0 atom stereocenters. The zero-order valence-corrected chi connectivity index (χ0v) is 20.7. The molecular weight excluding hydrogens is 464 g/mol. The van der Waals surface area contributed by atoms with Gasteiger partial charge in [-0.25, -0.2) is 22.0 Å². The van der Waals surface area contributed by atoms with Gasteiger partial charge in [0.15, 0.2) is 0 Å². The van der Waals surface area contributed by atoms with E-state index < -0.39 is 20.0 Å². The molecule has 1 amide bonds. The fourth-order valence-corrected chi connectivity index (χ4v) is 6.46. The number of nitrogens with one attached hydrogen (secondary N) is 1. The van der Waals surface area contributed by atoms with E-state index in [9.17, 15) is 21.6 Å². The first-order chi connectivity index (χ1) is 15.4. The van der Waals surface area contributed by atoms with E-state index in [4.69, 9.17) is 5.14 Å². The lowest BCUT2D eigenvalue weighted by Crippen LogP contribution is -2.49. The fourth-order valence-electron chi connectivity index (χ4n) is 4.11. The lowest BCUT2D eigenvalue weighted by atomic mass is 10.1. The van der Waals surface area contributed by atoms with Crippen LogP contribution in [0.25, 0.3) is 0 Å². The SMILES string of the molecule is Cc1cc(C)c(S(=O)(=O)N2CCN(CCC(=O)Nc3ccc(S(N)(=O)=O)cc3)CC2)c(C)c1. The molecule has 3 rings (SSSR count). The summed E-state index contributed by atoms with van der Waals surface area (Å²) in [6.07, 6.45) is 0.236. The van der Waals surface area contributed by atoms with Crippen LogP contribution in [0, 0.1) is 20.8 Å². The van der Waals surface area contributed by atoms with Gasteiger partial charge in [0.25, 0.3) is 0 Å². The Morgan fingerprint density at radius 3 is 2.00 bits per heavy atom. The molecule has 1 saturated heterocycles. The number of nitrogens with zero attached hydrogens (tertiary/aromatic N) is 2. The van der Waals surface area contributed by atoms with E-state index >= 15 is 0 Å². The fraction of sp³-hybridized carbons (Fsp3) is 0.409. The third-order valence-corrected chi connectivity index (χ3v) is 8.79. The number of aryl methyl sites for hydroxylation is 3. The number of hydrogen-bond donors (Lipinski definition) is 2. The smallest absolute Gasteiger partial charge is 0.243 e. The van der Waals surface area contributed by atoms with Gasteiger partial charge >= 0.3 is 0 Å². The number of nitrogens with two attached hydrogens (primary N) is 1. The molecule has 180 valence electrons. The molecular formula is C22H30N4O5S2. The molecule has 11 heteroatoms. The molecule has 2 aromatic rings. The number of primary sulfonamides is 1. The highest BCUT2D eigenvalue weighted by Gasteiger charge is 2.30. The number of anilines is 1. The Balaban J connectivity index is 1.52. The van der Waals surface area contributed by atoms with Crippen LogP contribution in [-0.2, 0) is 24.8 Å². The molecule has 3 N–H and O–H groups in total. The van der Waals surface area contributed by atoms with Gasteiger partial charge in [-0.3, -0.25) is 4.79 Å². The molecule has 0 saturated carbocycles. The molecule has 0 bridgehead atoms. The van der Waals surface area contributed by atoms with E-state index in [2.05, 4.69) is 10.2 Å². The highest BCUT2D eigenvalue weighted by atomic mass is 32.2. The van der Waals surface area contributed by atoms with E-state index in [-0.39, 0.29) is 17.2 Å². The quantitative estimate of drug-likeness (QED) is 0.601. The van der Waals surface area contributed by atoms with Gasteiger partial charge < -0.3 is 10.2 Å². The van der Waals surface area contributed by atoms with Gasteiger partial charge in [-0.1, -0.05) is 17.7 Å². The first-order valence-electron chi connectivity index (χ1n) is 10.6. The Kier molecular flexibility index (Phi) is 7.59. The molecule has 0 radical (unpaired) electrons.